The minimum Gasteiger partial charge on any atom is -0.355 e. The van der Waals surface area contributed by atoms with E-state index in [0.29, 0.717) is 18.1 Å². The summed E-state index contributed by atoms with van der Waals surface area (Å²) in [5.41, 5.74) is 3.75. The molecule has 0 saturated carbocycles. The summed E-state index contributed by atoms with van der Waals surface area (Å²) in [5.74, 6) is 0.869. The predicted molar refractivity (Wildman–Crippen MR) is 137 cm³/mol. The molecule has 1 amide bonds. The molecule has 5 rings (SSSR count). The number of nitrogens with zero attached hydrogens (tertiary/aromatic N) is 6. The van der Waals surface area contributed by atoms with Crippen LogP contribution in [0, 0.1) is 5.92 Å². The topological polar surface area (TPSA) is 67.2 Å². The summed E-state index contributed by atoms with van der Waals surface area (Å²) < 4.78 is 1.87. The summed E-state index contributed by atoms with van der Waals surface area (Å²) in [7, 11) is 1.87. The molecule has 1 aliphatic heterocycles. The molecule has 0 radical (unpaired) electrons. The lowest BCUT2D eigenvalue weighted by Crippen LogP contribution is -2.43. The number of carbonyl (C=O) groups is 1. The minimum absolute atomic E-state index is 0.0843. The van der Waals surface area contributed by atoms with Crippen LogP contribution >= 0.6 is 11.6 Å². The molecule has 4 aromatic rings. The molecule has 0 unspecified atom stereocenters. The molecule has 7 nitrogen and oxygen atoms in total. The number of hydrogen-bond donors (Lipinski definition) is 0. The molecule has 1 aliphatic rings. The van der Waals surface area contributed by atoms with E-state index in [1.807, 2.05) is 77.4 Å². The number of rotatable bonds is 6. The lowest BCUT2D eigenvalue weighted by atomic mass is 9.96. The van der Waals surface area contributed by atoms with Gasteiger partial charge in [0.15, 0.2) is 0 Å². The van der Waals surface area contributed by atoms with Crippen molar-refractivity contribution >= 4 is 23.3 Å². The number of anilines is 1. The van der Waals surface area contributed by atoms with Crippen LogP contribution < -0.4 is 4.90 Å². The molecular formula is C27H27ClN6O. The first-order valence-corrected chi connectivity index (χ1v) is 12.1. The average molecular weight is 487 g/mol. The van der Waals surface area contributed by atoms with E-state index in [9.17, 15) is 4.79 Å². The van der Waals surface area contributed by atoms with Gasteiger partial charge in [-0.2, -0.15) is 5.10 Å². The van der Waals surface area contributed by atoms with Crippen molar-refractivity contribution in [2.75, 3.05) is 25.0 Å². The molecule has 2 aromatic heterocycles. The number of amides is 1. The molecule has 0 aliphatic carbocycles. The average Bonchev–Trinajstić information content (AvgIpc) is 3.33. The Morgan fingerprint density at radius 2 is 1.91 bits per heavy atom. The molecule has 1 saturated heterocycles. The van der Waals surface area contributed by atoms with Crippen LogP contribution in [0.4, 0.5) is 5.82 Å². The predicted octanol–water partition coefficient (Wildman–Crippen LogP) is 4.86. The standard InChI is InChI=1S/C27H27ClN6O/c1-32(27(35)21-6-5-15-33(18-21)25-16-29-13-14-30-25)17-22-19-34(24-7-3-2-4-8-24)31-26(22)20-9-11-23(28)12-10-20/h2-4,7-14,16,19,21H,5-6,15,17-18H2,1H3/t21-/m0/s1. The van der Waals surface area contributed by atoms with Gasteiger partial charge in [0.1, 0.15) is 5.82 Å². The summed E-state index contributed by atoms with van der Waals surface area (Å²) in [5, 5.41) is 5.55. The monoisotopic (exact) mass is 486 g/mol. The number of para-hydroxylation sites is 1. The van der Waals surface area contributed by atoms with Gasteiger partial charge in [-0.15, -0.1) is 0 Å². The van der Waals surface area contributed by atoms with E-state index in [-0.39, 0.29) is 11.8 Å². The molecule has 1 fully saturated rings. The van der Waals surface area contributed by atoms with Crippen LogP contribution in [0.3, 0.4) is 0 Å². The van der Waals surface area contributed by atoms with Crippen molar-refractivity contribution in [2.45, 2.75) is 19.4 Å². The molecule has 8 heteroatoms. The fraction of sp³-hybridized carbons (Fsp3) is 0.259. The molecule has 2 aromatic carbocycles. The van der Waals surface area contributed by atoms with E-state index in [1.54, 1.807) is 18.6 Å². The van der Waals surface area contributed by atoms with E-state index >= 15 is 0 Å². The van der Waals surface area contributed by atoms with Gasteiger partial charge in [-0.05, 0) is 37.1 Å². The molecular weight excluding hydrogens is 460 g/mol. The number of benzene rings is 2. The van der Waals surface area contributed by atoms with Crippen molar-refractivity contribution in [3.63, 3.8) is 0 Å². The second-order valence-corrected chi connectivity index (χ2v) is 9.27. The highest BCUT2D eigenvalue weighted by Crippen LogP contribution is 2.28. The fourth-order valence-electron chi connectivity index (χ4n) is 4.58. The van der Waals surface area contributed by atoms with Crippen LogP contribution in [0.5, 0.6) is 0 Å². The van der Waals surface area contributed by atoms with E-state index in [4.69, 9.17) is 16.7 Å². The highest BCUT2D eigenvalue weighted by molar-refractivity contribution is 6.30. The van der Waals surface area contributed by atoms with Gasteiger partial charge in [-0.3, -0.25) is 9.78 Å². The number of hydrogen-bond acceptors (Lipinski definition) is 5. The smallest absolute Gasteiger partial charge is 0.227 e. The Balaban J connectivity index is 1.38. The Bertz CT molecular complexity index is 1280. The van der Waals surface area contributed by atoms with Gasteiger partial charge >= 0.3 is 0 Å². The fourth-order valence-corrected chi connectivity index (χ4v) is 4.70. The third kappa shape index (κ3) is 5.20. The maximum Gasteiger partial charge on any atom is 0.227 e. The molecule has 0 bridgehead atoms. The van der Waals surface area contributed by atoms with Crippen LogP contribution in [-0.4, -0.2) is 50.7 Å². The number of carbonyl (C=O) groups excluding carboxylic acids is 1. The highest BCUT2D eigenvalue weighted by Gasteiger charge is 2.29. The lowest BCUT2D eigenvalue weighted by Gasteiger charge is -2.34. The van der Waals surface area contributed by atoms with Crippen LogP contribution in [0.15, 0.2) is 79.4 Å². The zero-order valence-corrected chi connectivity index (χ0v) is 20.3. The van der Waals surface area contributed by atoms with Gasteiger partial charge in [-0.25, -0.2) is 9.67 Å². The van der Waals surface area contributed by atoms with Crippen molar-refractivity contribution in [1.29, 1.82) is 0 Å². The molecule has 3 heterocycles. The van der Waals surface area contributed by atoms with Gasteiger partial charge in [0.25, 0.3) is 0 Å². The highest BCUT2D eigenvalue weighted by atomic mass is 35.5. The SMILES string of the molecule is CN(Cc1cn(-c2ccccc2)nc1-c1ccc(Cl)cc1)C(=O)[C@H]1CCCN(c2cnccn2)C1. The van der Waals surface area contributed by atoms with E-state index < -0.39 is 0 Å². The lowest BCUT2D eigenvalue weighted by molar-refractivity contribution is -0.135. The van der Waals surface area contributed by atoms with Gasteiger partial charge in [-0.1, -0.05) is 41.9 Å². The summed E-state index contributed by atoms with van der Waals surface area (Å²) >= 11 is 6.12. The van der Waals surface area contributed by atoms with Crippen LogP contribution in [0.25, 0.3) is 16.9 Å². The van der Waals surface area contributed by atoms with E-state index in [2.05, 4.69) is 14.9 Å². The third-order valence-corrected chi connectivity index (χ3v) is 6.61. The van der Waals surface area contributed by atoms with E-state index in [0.717, 1.165) is 47.7 Å². The van der Waals surface area contributed by atoms with Crippen LogP contribution in [0.1, 0.15) is 18.4 Å². The third-order valence-electron chi connectivity index (χ3n) is 6.36. The Morgan fingerprint density at radius 3 is 2.66 bits per heavy atom. The van der Waals surface area contributed by atoms with Gasteiger partial charge in [0.05, 0.1) is 23.5 Å². The molecule has 0 spiro atoms. The first-order chi connectivity index (χ1) is 17.1. The number of piperidine rings is 1. The number of halogens is 1. The normalized spacial score (nSPS) is 15.7. The van der Waals surface area contributed by atoms with Crippen molar-refractivity contribution in [2.24, 2.45) is 5.92 Å². The quantitative estimate of drug-likeness (QED) is 0.389. The zero-order chi connectivity index (χ0) is 24.2. The van der Waals surface area contributed by atoms with Gasteiger partial charge in [0, 0.05) is 61.4 Å². The zero-order valence-electron chi connectivity index (χ0n) is 19.6. The Hall–Kier alpha value is -3.71. The molecule has 0 N–H and O–H groups in total. The first-order valence-electron chi connectivity index (χ1n) is 11.7. The van der Waals surface area contributed by atoms with Crippen LogP contribution in [0.2, 0.25) is 5.02 Å². The second kappa shape index (κ2) is 10.3. The first kappa shape index (κ1) is 23.1. The Kier molecular flexibility index (Phi) is 6.77. The van der Waals surface area contributed by atoms with Gasteiger partial charge < -0.3 is 9.80 Å². The van der Waals surface area contributed by atoms with Gasteiger partial charge in [0.2, 0.25) is 5.91 Å². The summed E-state index contributed by atoms with van der Waals surface area (Å²) in [6.45, 7) is 2.00. The summed E-state index contributed by atoms with van der Waals surface area (Å²) in [6.07, 6.45) is 8.94. The molecule has 1 atom stereocenters. The van der Waals surface area contributed by atoms with E-state index in [1.165, 1.54) is 0 Å². The second-order valence-electron chi connectivity index (χ2n) is 8.83. The van der Waals surface area contributed by atoms with Crippen molar-refractivity contribution < 1.29 is 4.79 Å². The summed E-state index contributed by atoms with van der Waals surface area (Å²) in [6, 6.07) is 17.6. The maximum absolute atomic E-state index is 13.5. The minimum atomic E-state index is -0.0843. The Morgan fingerprint density at radius 1 is 1.11 bits per heavy atom. The maximum atomic E-state index is 13.5. The molecule has 178 valence electrons. The van der Waals surface area contributed by atoms with Crippen LogP contribution in [-0.2, 0) is 11.3 Å². The Labute approximate surface area is 210 Å². The molecule has 35 heavy (non-hydrogen) atoms. The van der Waals surface area contributed by atoms with Crippen molar-refractivity contribution in [3.8, 4) is 16.9 Å². The number of aromatic nitrogens is 4. The van der Waals surface area contributed by atoms with Crippen molar-refractivity contribution in [1.82, 2.24) is 24.6 Å². The van der Waals surface area contributed by atoms with Crippen molar-refractivity contribution in [3.05, 3.63) is 90.0 Å². The largest absolute Gasteiger partial charge is 0.355 e. The summed E-state index contributed by atoms with van der Waals surface area (Å²) in [4.78, 5) is 26.0.